The van der Waals surface area contributed by atoms with Crippen LogP contribution in [0.3, 0.4) is 0 Å². The molecule has 1 aliphatic heterocycles. The summed E-state index contributed by atoms with van der Waals surface area (Å²) in [5.41, 5.74) is 3.05. The quantitative estimate of drug-likeness (QED) is 0.628. The number of hydrogen-bond acceptors (Lipinski definition) is 2. The zero-order valence-corrected chi connectivity index (χ0v) is 8.53. The lowest BCUT2D eigenvalue weighted by atomic mass is 9.77. The Morgan fingerprint density at radius 1 is 1.33 bits per heavy atom. The van der Waals surface area contributed by atoms with Crippen molar-refractivity contribution in [2.24, 2.45) is 4.99 Å². The first-order valence-electron chi connectivity index (χ1n) is 5.09. The molecular weight excluding hydrogens is 186 g/mol. The van der Waals surface area contributed by atoms with Crippen molar-refractivity contribution in [2.75, 3.05) is 0 Å². The molecular formula is C13H11NO. The molecule has 0 fully saturated rings. The first-order chi connectivity index (χ1) is 7.22. The van der Waals surface area contributed by atoms with E-state index in [9.17, 15) is 4.79 Å². The molecule has 3 rings (SSSR count). The summed E-state index contributed by atoms with van der Waals surface area (Å²) in [7, 11) is 0. The lowest BCUT2D eigenvalue weighted by Gasteiger charge is -2.22. The number of carbonyl (C=O) groups is 1. The average Bonchev–Trinajstić information content (AvgIpc) is 2.72. The van der Waals surface area contributed by atoms with Crippen LogP contribution in [-0.2, 0) is 10.2 Å². The van der Waals surface area contributed by atoms with Gasteiger partial charge in [-0.25, -0.2) is 0 Å². The van der Waals surface area contributed by atoms with Crippen LogP contribution in [0.1, 0.15) is 18.9 Å². The predicted molar refractivity (Wildman–Crippen MR) is 59.7 cm³/mol. The third kappa shape index (κ3) is 0.990. The SMILES string of the molecule is CC1=CC(=O)C[C@@]12C=Nc1ccccc12. The van der Waals surface area contributed by atoms with Crippen molar-refractivity contribution in [3.63, 3.8) is 0 Å². The van der Waals surface area contributed by atoms with Gasteiger partial charge >= 0.3 is 0 Å². The first kappa shape index (κ1) is 8.60. The predicted octanol–water partition coefficient (Wildman–Crippen LogP) is 2.56. The maximum Gasteiger partial charge on any atom is 0.157 e. The molecule has 0 unspecified atom stereocenters. The van der Waals surface area contributed by atoms with Crippen molar-refractivity contribution in [3.8, 4) is 0 Å². The van der Waals surface area contributed by atoms with Gasteiger partial charge in [-0.15, -0.1) is 0 Å². The highest BCUT2D eigenvalue weighted by molar-refractivity contribution is 6.04. The van der Waals surface area contributed by atoms with Crippen LogP contribution in [-0.4, -0.2) is 12.0 Å². The summed E-state index contributed by atoms with van der Waals surface area (Å²) in [4.78, 5) is 15.9. The molecule has 2 heteroatoms. The summed E-state index contributed by atoms with van der Waals surface area (Å²) in [6, 6.07) is 8.05. The zero-order valence-electron chi connectivity index (χ0n) is 8.53. The van der Waals surface area contributed by atoms with Gasteiger partial charge in [0.05, 0.1) is 11.1 Å². The highest BCUT2D eigenvalue weighted by Gasteiger charge is 2.42. The molecule has 15 heavy (non-hydrogen) atoms. The Bertz CT molecular complexity index is 513. The molecule has 0 amide bonds. The van der Waals surface area contributed by atoms with Gasteiger partial charge in [-0.1, -0.05) is 23.8 Å². The van der Waals surface area contributed by atoms with Crippen LogP contribution in [0.5, 0.6) is 0 Å². The molecule has 2 aliphatic rings. The molecule has 0 aromatic heterocycles. The maximum atomic E-state index is 11.5. The number of hydrogen-bond donors (Lipinski definition) is 0. The average molecular weight is 197 g/mol. The lowest BCUT2D eigenvalue weighted by molar-refractivity contribution is -0.114. The largest absolute Gasteiger partial charge is 0.295 e. The summed E-state index contributed by atoms with van der Waals surface area (Å²) in [5, 5.41) is 0. The molecule has 0 N–H and O–H groups in total. The minimum absolute atomic E-state index is 0.204. The van der Waals surface area contributed by atoms with E-state index < -0.39 is 0 Å². The number of para-hydroxylation sites is 1. The van der Waals surface area contributed by atoms with Crippen LogP contribution in [0.25, 0.3) is 0 Å². The van der Waals surface area contributed by atoms with Crippen LogP contribution in [0.2, 0.25) is 0 Å². The number of ketones is 1. The van der Waals surface area contributed by atoms with Crippen molar-refractivity contribution in [1.82, 2.24) is 0 Å². The molecule has 0 radical (unpaired) electrons. The summed E-state index contributed by atoms with van der Waals surface area (Å²) in [6.07, 6.45) is 4.21. The van der Waals surface area contributed by atoms with Crippen molar-refractivity contribution in [3.05, 3.63) is 41.5 Å². The van der Waals surface area contributed by atoms with Crippen molar-refractivity contribution < 1.29 is 4.79 Å². The highest BCUT2D eigenvalue weighted by atomic mass is 16.1. The van der Waals surface area contributed by atoms with E-state index >= 15 is 0 Å². The van der Waals surface area contributed by atoms with E-state index in [1.54, 1.807) is 6.08 Å². The smallest absolute Gasteiger partial charge is 0.157 e. The lowest BCUT2D eigenvalue weighted by Crippen LogP contribution is -2.24. The molecule has 1 aromatic carbocycles. The van der Waals surface area contributed by atoms with E-state index in [2.05, 4.69) is 11.1 Å². The van der Waals surface area contributed by atoms with Gasteiger partial charge in [0, 0.05) is 12.6 Å². The number of aliphatic imine (C=N–C) groups is 1. The second kappa shape index (κ2) is 2.66. The maximum absolute atomic E-state index is 11.5. The molecule has 1 aliphatic carbocycles. The number of fused-ring (bicyclic) bond motifs is 2. The summed E-state index contributed by atoms with van der Waals surface area (Å²) in [6.45, 7) is 2.01. The molecule has 1 spiro atoms. The Morgan fingerprint density at radius 3 is 2.87 bits per heavy atom. The number of nitrogens with zero attached hydrogens (tertiary/aromatic N) is 1. The second-order valence-corrected chi connectivity index (χ2v) is 4.22. The van der Waals surface area contributed by atoms with Crippen molar-refractivity contribution in [1.29, 1.82) is 0 Å². The fourth-order valence-corrected chi connectivity index (χ4v) is 2.50. The second-order valence-electron chi connectivity index (χ2n) is 4.22. The van der Waals surface area contributed by atoms with E-state index in [1.807, 2.05) is 31.3 Å². The molecule has 2 nitrogen and oxygen atoms in total. The fraction of sp³-hybridized carbons (Fsp3) is 0.231. The van der Waals surface area contributed by atoms with Crippen molar-refractivity contribution >= 4 is 17.7 Å². The van der Waals surface area contributed by atoms with Gasteiger partial charge in [0.1, 0.15) is 0 Å². The topological polar surface area (TPSA) is 29.4 Å². The summed E-state index contributed by atoms with van der Waals surface area (Å²) < 4.78 is 0. The molecule has 1 aromatic rings. The first-order valence-corrected chi connectivity index (χ1v) is 5.09. The molecule has 0 saturated carbocycles. The van der Waals surface area contributed by atoms with E-state index in [1.165, 1.54) is 5.56 Å². The Kier molecular flexibility index (Phi) is 1.52. The third-order valence-electron chi connectivity index (χ3n) is 3.34. The minimum atomic E-state index is -0.228. The van der Waals surface area contributed by atoms with Gasteiger partial charge in [0.2, 0.25) is 0 Å². The number of carbonyl (C=O) groups excluding carboxylic acids is 1. The fourth-order valence-electron chi connectivity index (χ4n) is 2.50. The molecule has 74 valence electrons. The van der Waals surface area contributed by atoms with E-state index in [4.69, 9.17) is 0 Å². The molecule has 1 heterocycles. The molecule has 0 bridgehead atoms. The van der Waals surface area contributed by atoms with Gasteiger partial charge < -0.3 is 0 Å². The van der Waals surface area contributed by atoms with E-state index in [-0.39, 0.29) is 11.2 Å². The van der Waals surface area contributed by atoms with Gasteiger partial charge in [-0.3, -0.25) is 9.79 Å². The van der Waals surface area contributed by atoms with Crippen LogP contribution >= 0.6 is 0 Å². The Labute approximate surface area is 88.3 Å². The van der Waals surface area contributed by atoms with Crippen molar-refractivity contribution in [2.45, 2.75) is 18.8 Å². The van der Waals surface area contributed by atoms with E-state index in [0.29, 0.717) is 6.42 Å². The Balaban J connectivity index is 2.23. The standard InChI is InChI=1S/C13H11NO/c1-9-6-10(15)7-13(9)8-14-12-5-3-2-4-11(12)13/h2-6,8H,7H2,1H3/t13-/m1/s1. The third-order valence-corrected chi connectivity index (χ3v) is 3.34. The minimum Gasteiger partial charge on any atom is -0.295 e. The summed E-state index contributed by atoms with van der Waals surface area (Å²) in [5.74, 6) is 0.204. The summed E-state index contributed by atoms with van der Waals surface area (Å²) >= 11 is 0. The van der Waals surface area contributed by atoms with E-state index in [0.717, 1.165) is 11.3 Å². The Hall–Kier alpha value is -1.70. The van der Waals surface area contributed by atoms with Gasteiger partial charge in [0.15, 0.2) is 5.78 Å². The van der Waals surface area contributed by atoms with Crippen LogP contribution in [0.15, 0.2) is 40.9 Å². The molecule has 0 saturated heterocycles. The van der Waals surface area contributed by atoms with Gasteiger partial charge in [0.25, 0.3) is 0 Å². The number of rotatable bonds is 0. The van der Waals surface area contributed by atoms with Crippen LogP contribution < -0.4 is 0 Å². The monoisotopic (exact) mass is 197 g/mol. The normalized spacial score (nSPS) is 27.3. The zero-order chi connectivity index (χ0) is 10.5. The van der Waals surface area contributed by atoms with Gasteiger partial charge in [-0.2, -0.15) is 0 Å². The highest BCUT2D eigenvalue weighted by Crippen LogP contribution is 2.46. The number of benzene rings is 1. The number of allylic oxidation sites excluding steroid dienone is 2. The van der Waals surface area contributed by atoms with Crippen LogP contribution in [0, 0.1) is 0 Å². The Morgan fingerprint density at radius 2 is 2.13 bits per heavy atom. The van der Waals surface area contributed by atoms with Gasteiger partial charge in [-0.05, 0) is 24.6 Å². The molecule has 1 atom stereocenters. The van der Waals surface area contributed by atoms with Crippen LogP contribution in [0.4, 0.5) is 5.69 Å².